The minimum atomic E-state index is -1.52. The van der Waals surface area contributed by atoms with E-state index in [1.54, 1.807) is 0 Å². The fourth-order valence-electron chi connectivity index (χ4n) is 1.43. The molecule has 0 rings (SSSR count). The summed E-state index contributed by atoms with van der Waals surface area (Å²) in [4.78, 5) is 55.0. The van der Waals surface area contributed by atoms with Crippen LogP contribution in [0.2, 0.25) is 0 Å². The maximum Gasteiger partial charge on any atom is 0.326 e. The van der Waals surface area contributed by atoms with Gasteiger partial charge in [0.1, 0.15) is 12.1 Å². The number of rotatable bonds is 10. The van der Waals surface area contributed by atoms with Gasteiger partial charge in [-0.3, -0.25) is 19.2 Å². The molecule has 0 spiro atoms. The lowest BCUT2D eigenvalue weighted by Crippen LogP contribution is -2.53. The van der Waals surface area contributed by atoms with Gasteiger partial charge in [-0.1, -0.05) is 0 Å². The second-order valence-corrected chi connectivity index (χ2v) is 4.25. The van der Waals surface area contributed by atoms with Gasteiger partial charge < -0.3 is 31.7 Å². The molecule has 0 aromatic rings. The van der Waals surface area contributed by atoms with Crippen LogP contribution in [0.1, 0.15) is 19.3 Å². The van der Waals surface area contributed by atoms with Crippen molar-refractivity contribution in [1.82, 2.24) is 10.6 Å². The SMILES string of the molecule is NCC(=O)N[C@@H](CC(=O)O)C(=O)N[C@@H](CCC(=O)O)C(=O)O. The zero-order chi connectivity index (χ0) is 17.3. The highest BCUT2D eigenvalue weighted by Gasteiger charge is 2.28. The predicted molar refractivity (Wildman–Crippen MR) is 69.7 cm³/mol. The number of carboxylic acids is 3. The third-order valence-electron chi connectivity index (χ3n) is 2.48. The first-order valence-electron chi connectivity index (χ1n) is 6.13. The molecule has 0 heterocycles. The van der Waals surface area contributed by atoms with Gasteiger partial charge in [-0.15, -0.1) is 0 Å². The standard InChI is InChI=1S/C11H17N3O8/c12-4-7(15)13-6(3-9(18)19)10(20)14-5(11(21)22)1-2-8(16)17/h5-6H,1-4,12H2,(H,13,15)(H,14,20)(H,16,17)(H,18,19)(H,21,22)/t5-,6-/m0/s1. The van der Waals surface area contributed by atoms with Gasteiger partial charge in [0, 0.05) is 6.42 Å². The molecule has 11 nitrogen and oxygen atoms in total. The van der Waals surface area contributed by atoms with E-state index in [-0.39, 0.29) is 6.42 Å². The van der Waals surface area contributed by atoms with Crippen LogP contribution < -0.4 is 16.4 Å². The lowest BCUT2D eigenvalue weighted by Gasteiger charge is -2.19. The molecule has 22 heavy (non-hydrogen) atoms. The summed E-state index contributed by atoms with van der Waals surface area (Å²) in [6, 6.07) is -3.03. The van der Waals surface area contributed by atoms with Crippen molar-refractivity contribution in [3.05, 3.63) is 0 Å². The average molecular weight is 319 g/mol. The van der Waals surface area contributed by atoms with Crippen LogP contribution >= 0.6 is 0 Å². The van der Waals surface area contributed by atoms with E-state index in [9.17, 15) is 24.0 Å². The summed E-state index contributed by atoms with van der Waals surface area (Å²) in [6.45, 7) is -0.481. The normalized spacial score (nSPS) is 12.8. The zero-order valence-corrected chi connectivity index (χ0v) is 11.4. The van der Waals surface area contributed by atoms with Gasteiger partial charge in [0.25, 0.3) is 0 Å². The number of carbonyl (C=O) groups is 5. The van der Waals surface area contributed by atoms with Gasteiger partial charge in [-0.2, -0.15) is 0 Å². The summed E-state index contributed by atoms with van der Waals surface area (Å²) < 4.78 is 0. The summed E-state index contributed by atoms with van der Waals surface area (Å²) in [6.07, 6.45) is -1.67. The second kappa shape index (κ2) is 9.28. The molecule has 0 unspecified atom stereocenters. The largest absolute Gasteiger partial charge is 0.481 e. The van der Waals surface area contributed by atoms with Gasteiger partial charge >= 0.3 is 17.9 Å². The van der Waals surface area contributed by atoms with Crippen molar-refractivity contribution < 1.29 is 39.3 Å². The molecule has 0 aliphatic carbocycles. The number of hydrogen-bond donors (Lipinski definition) is 6. The summed E-state index contributed by atoms with van der Waals surface area (Å²) in [5.74, 6) is -5.97. The van der Waals surface area contributed by atoms with Gasteiger partial charge in [-0.05, 0) is 6.42 Å². The molecule has 0 aliphatic heterocycles. The number of hydrogen-bond acceptors (Lipinski definition) is 6. The highest BCUT2D eigenvalue weighted by molar-refractivity contribution is 5.93. The molecule has 0 aromatic heterocycles. The molecule has 0 saturated carbocycles. The third-order valence-corrected chi connectivity index (χ3v) is 2.48. The highest BCUT2D eigenvalue weighted by Crippen LogP contribution is 2.01. The predicted octanol–water partition coefficient (Wildman–Crippen LogP) is -2.66. The first kappa shape index (κ1) is 19.3. The zero-order valence-electron chi connectivity index (χ0n) is 11.4. The summed E-state index contributed by atoms with van der Waals surface area (Å²) in [5.41, 5.74) is 5.03. The Morgan fingerprint density at radius 2 is 1.50 bits per heavy atom. The molecule has 0 aromatic carbocycles. The Morgan fingerprint density at radius 1 is 0.909 bits per heavy atom. The molecular weight excluding hydrogens is 302 g/mol. The topological polar surface area (TPSA) is 196 Å². The number of carbonyl (C=O) groups excluding carboxylic acids is 2. The summed E-state index contributed by atoms with van der Waals surface area (Å²) in [7, 11) is 0. The Labute approximate surface area is 124 Å². The lowest BCUT2D eigenvalue weighted by atomic mass is 10.1. The van der Waals surface area contributed by atoms with Gasteiger partial charge in [-0.25, -0.2) is 4.79 Å². The van der Waals surface area contributed by atoms with E-state index in [4.69, 9.17) is 21.1 Å². The fourth-order valence-corrected chi connectivity index (χ4v) is 1.43. The molecule has 0 bridgehead atoms. The molecule has 2 amide bonds. The minimum Gasteiger partial charge on any atom is -0.481 e. The quantitative estimate of drug-likeness (QED) is 0.249. The van der Waals surface area contributed by atoms with E-state index < -0.39 is 61.2 Å². The Morgan fingerprint density at radius 3 is 1.91 bits per heavy atom. The minimum absolute atomic E-state index is 0.388. The lowest BCUT2D eigenvalue weighted by molar-refractivity contribution is -0.144. The van der Waals surface area contributed by atoms with Crippen LogP contribution in [0.15, 0.2) is 0 Å². The molecule has 0 saturated heterocycles. The van der Waals surface area contributed by atoms with Crippen LogP contribution in [0.3, 0.4) is 0 Å². The van der Waals surface area contributed by atoms with Crippen LogP contribution in [-0.4, -0.2) is 63.7 Å². The molecule has 2 atom stereocenters. The number of carboxylic acid groups (broad SMARTS) is 3. The van der Waals surface area contributed by atoms with E-state index in [1.807, 2.05) is 10.6 Å². The first-order valence-corrected chi connectivity index (χ1v) is 6.13. The van der Waals surface area contributed by atoms with Crippen molar-refractivity contribution in [3.63, 3.8) is 0 Å². The molecule has 0 radical (unpaired) electrons. The van der Waals surface area contributed by atoms with Gasteiger partial charge in [0.15, 0.2) is 0 Å². The van der Waals surface area contributed by atoms with Crippen molar-refractivity contribution in [3.8, 4) is 0 Å². The Hall–Kier alpha value is -2.69. The van der Waals surface area contributed by atoms with E-state index >= 15 is 0 Å². The number of aliphatic carboxylic acids is 3. The van der Waals surface area contributed by atoms with Crippen molar-refractivity contribution in [1.29, 1.82) is 0 Å². The summed E-state index contributed by atoms with van der Waals surface area (Å²) >= 11 is 0. The molecular formula is C11H17N3O8. The number of amides is 2. The molecule has 7 N–H and O–H groups in total. The Balaban J connectivity index is 4.86. The van der Waals surface area contributed by atoms with E-state index in [1.165, 1.54) is 0 Å². The van der Waals surface area contributed by atoms with E-state index in [0.29, 0.717) is 0 Å². The van der Waals surface area contributed by atoms with Crippen molar-refractivity contribution in [2.45, 2.75) is 31.3 Å². The van der Waals surface area contributed by atoms with Crippen molar-refractivity contribution in [2.75, 3.05) is 6.54 Å². The van der Waals surface area contributed by atoms with Gasteiger partial charge in [0.2, 0.25) is 11.8 Å². The van der Waals surface area contributed by atoms with E-state index in [2.05, 4.69) is 0 Å². The molecule has 11 heteroatoms. The Bertz CT molecular complexity index is 464. The fraction of sp³-hybridized carbons (Fsp3) is 0.545. The van der Waals surface area contributed by atoms with Crippen LogP contribution in [0.5, 0.6) is 0 Å². The maximum atomic E-state index is 11.8. The molecule has 0 fully saturated rings. The van der Waals surface area contributed by atoms with Crippen molar-refractivity contribution in [2.24, 2.45) is 5.73 Å². The maximum absolute atomic E-state index is 11.8. The van der Waals surface area contributed by atoms with Crippen molar-refractivity contribution >= 4 is 29.7 Å². The molecule has 0 aliphatic rings. The highest BCUT2D eigenvalue weighted by atomic mass is 16.4. The van der Waals surface area contributed by atoms with Crippen LogP contribution in [0.4, 0.5) is 0 Å². The van der Waals surface area contributed by atoms with Crippen LogP contribution in [0.25, 0.3) is 0 Å². The Kier molecular flexibility index (Phi) is 8.15. The second-order valence-electron chi connectivity index (χ2n) is 4.25. The first-order chi connectivity index (χ1) is 10.2. The number of nitrogens with one attached hydrogen (secondary N) is 2. The third kappa shape index (κ3) is 7.79. The van der Waals surface area contributed by atoms with E-state index in [0.717, 1.165) is 0 Å². The molecule has 124 valence electrons. The van der Waals surface area contributed by atoms with Gasteiger partial charge in [0.05, 0.1) is 13.0 Å². The summed E-state index contributed by atoms with van der Waals surface area (Å²) in [5, 5.41) is 30.1. The average Bonchev–Trinajstić information content (AvgIpc) is 2.41. The van der Waals surface area contributed by atoms with Crippen LogP contribution in [-0.2, 0) is 24.0 Å². The smallest absolute Gasteiger partial charge is 0.326 e. The number of nitrogens with two attached hydrogens (primary N) is 1. The monoisotopic (exact) mass is 319 g/mol. The van der Waals surface area contributed by atoms with Crippen LogP contribution in [0, 0.1) is 0 Å².